The molecule has 0 aromatic carbocycles. The average Bonchev–Trinajstić information content (AvgIpc) is 2.77. The largest absolute Gasteiger partial charge is 0.478 e. The van der Waals surface area contributed by atoms with Crippen LogP contribution in [0.4, 0.5) is 11.9 Å². The number of hydrogen-bond acceptors (Lipinski definition) is 14. The first-order valence-electron chi connectivity index (χ1n) is 7.94. The minimum absolute atomic E-state index is 0.0311. The molecule has 3 aromatic heterocycles. The second-order valence-electron chi connectivity index (χ2n) is 5.24. The normalized spacial score (nSPS) is 10.4. The van der Waals surface area contributed by atoms with Gasteiger partial charge in [0.1, 0.15) is 0 Å². The first-order chi connectivity index (χ1) is 14.9. The van der Waals surface area contributed by atoms with Gasteiger partial charge in [-0.25, -0.2) is 20.3 Å². The van der Waals surface area contributed by atoms with E-state index in [2.05, 4.69) is 29.9 Å². The summed E-state index contributed by atoms with van der Waals surface area (Å²) < 4.78 is 6.26. The van der Waals surface area contributed by atoms with Crippen LogP contribution >= 0.6 is 23.4 Å². The Hall–Kier alpha value is -3.73. The number of aromatic carboxylic acids is 1. The number of carbonyl (C=O) groups excluding carboxylic acids is 1. The van der Waals surface area contributed by atoms with Crippen molar-refractivity contribution in [3.8, 4) is 12.0 Å². The van der Waals surface area contributed by atoms with Crippen LogP contribution in [0.2, 0.25) is 5.28 Å². The standard InChI is InChI=1S/C14H10ClN9O6S/c15-9-16-10(22-28)20-14(17-9)31-5-7(25)30-13-19-11(23-29)18-12(21-13)24-3-1-2-6(4-24)8(26)27/h1-4H,5H2,(H4-,16,17,18,19,20,21,22,23,26,27,28,29)/p+1. The maximum absolute atomic E-state index is 12.1. The molecule has 15 nitrogen and oxygen atoms in total. The first kappa shape index (κ1) is 22.0. The van der Waals surface area contributed by atoms with Crippen molar-refractivity contribution in [2.45, 2.75) is 5.16 Å². The fourth-order valence-corrected chi connectivity index (χ4v) is 2.80. The summed E-state index contributed by atoms with van der Waals surface area (Å²) in [7, 11) is 0. The zero-order chi connectivity index (χ0) is 22.4. The average molecular weight is 469 g/mol. The molecule has 0 unspecified atom stereocenters. The van der Waals surface area contributed by atoms with Gasteiger partial charge in [-0.3, -0.25) is 15.2 Å². The van der Waals surface area contributed by atoms with E-state index < -0.39 is 17.9 Å². The van der Waals surface area contributed by atoms with E-state index in [9.17, 15) is 9.59 Å². The van der Waals surface area contributed by atoms with Crippen molar-refractivity contribution < 1.29 is 34.4 Å². The molecule has 0 amide bonds. The van der Waals surface area contributed by atoms with E-state index in [0.717, 1.165) is 11.8 Å². The molecule has 0 bridgehead atoms. The van der Waals surface area contributed by atoms with Crippen LogP contribution in [-0.4, -0.2) is 63.1 Å². The molecule has 0 fully saturated rings. The lowest BCUT2D eigenvalue weighted by Gasteiger charge is -2.03. The molecule has 3 aromatic rings. The van der Waals surface area contributed by atoms with Crippen LogP contribution in [-0.2, 0) is 4.79 Å². The van der Waals surface area contributed by atoms with Gasteiger partial charge in [-0.1, -0.05) is 11.8 Å². The number of anilines is 2. The molecule has 0 spiro atoms. The highest BCUT2D eigenvalue weighted by atomic mass is 35.5. The summed E-state index contributed by atoms with van der Waals surface area (Å²) in [5.74, 6) is -2.98. The summed E-state index contributed by atoms with van der Waals surface area (Å²) in [5, 5.41) is 26.9. The Morgan fingerprint density at radius 1 is 1.10 bits per heavy atom. The van der Waals surface area contributed by atoms with Gasteiger partial charge in [0.05, 0.1) is 23.7 Å². The number of rotatable bonds is 8. The Kier molecular flexibility index (Phi) is 6.98. The maximum atomic E-state index is 12.1. The summed E-state index contributed by atoms with van der Waals surface area (Å²) in [5.41, 5.74) is 3.36. The number of ether oxygens (including phenoxy) is 1. The number of pyridine rings is 1. The van der Waals surface area contributed by atoms with Crippen LogP contribution in [0, 0.1) is 0 Å². The van der Waals surface area contributed by atoms with E-state index >= 15 is 0 Å². The fraction of sp³-hybridized carbons (Fsp3) is 0.0714. The van der Waals surface area contributed by atoms with E-state index in [1.807, 2.05) is 0 Å². The molecule has 0 atom stereocenters. The van der Waals surface area contributed by atoms with Crippen LogP contribution in [0.5, 0.6) is 6.01 Å². The van der Waals surface area contributed by atoms with Gasteiger partial charge >= 0.3 is 29.8 Å². The van der Waals surface area contributed by atoms with E-state index in [1.54, 1.807) is 11.0 Å². The molecule has 160 valence electrons. The molecule has 3 rings (SSSR count). The van der Waals surface area contributed by atoms with Gasteiger partial charge in [0.15, 0.2) is 5.16 Å². The summed E-state index contributed by atoms with van der Waals surface area (Å²) in [6.45, 7) is 0. The molecule has 0 aliphatic rings. The van der Waals surface area contributed by atoms with Gasteiger partial charge in [-0.05, 0) is 33.7 Å². The second-order valence-corrected chi connectivity index (χ2v) is 6.52. The van der Waals surface area contributed by atoms with Crippen LogP contribution < -0.4 is 20.3 Å². The third-order valence-electron chi connectivity index (χ3n) is 3.19. The summed E-state index contributed by atoms with van der Waals surface area (Å²) in [6.07, 6.45) is 2.67. The number of esters is 1. The smallest absolute Gasteiger partial charge is 0.446 e. The molecule has 5 N–H and O–H groups in total. The van der Waals surface area contributed by atoms with Gasteiger partial charge in [0.2, 0.25) is 5.28 Å². The molecule has 0 aliphatic heterocycles. The molecular formula is C14H11ClN9O6S+. The highest BCUT2D eigenvalue weighted by Gasteiger charge is 2.22. The predicted octanol–water partition coefficient (Wildman–Crippen LogP) is -0.0152. The van der Waals surface area contributed by atoms with Crippen molar-refractivity contribution in [1.29, 1.82) is 0 Å². The van der Waals surface area contributed by atoms with E-state index in [0.29, 0.717) is 0 Å². The third-order valence-corrected chi connectivity index (χ3v) is 4.18. The number of carboxylic acid groups (broad SMARTS) is 1. The zero-order valence-corrected chi connectivity index (χ0v) is 16.6. The summed E-state index contributed by atoms with van der Waals surface area (Å²) in [4.78, 5) is 45.9. The molecular weight excluding hydrogens is 458 g/mol. The number of carbonyl (C=O) groups is 2. The zero-order valence-electron chi connectivity index (χ0n) is 15.0. The predicted molar refractivity (Wildman–Crippen MR) is 100 cm³/mol. The van der Waals surface area contributed by atoms with E-state index in [-0.39, 0.29) is 39.6 Å². The first-order valence-corrected chi connectivity index (χ1v) is 9.30. The van der Waals surface area contributed by atoms with E-state index in [1.165, 1.54) is 29.1 Å². The lowest BCUT2D eigenvalue weighted by molar-refractivity contribution is -0.603. The number of carboxylic acids is 1. The highest BCUT2D eigenvalue weighted by molar-refractivity contribution is 7.99. The molecule has 0 saturated carbocycles. The lowest BCUT2D eigenvalue weighted by atomic mass is 10.3. The van der Waals surface area contributed by atoms with Crippen LogP contribution in [0.1, 0.15) is 10.4 Å². The molecule has 0 aliphatic carbocycles. The number of hydrogen-bond donors (Lipinski definition) is 5. The third kappa shape index (κ3) is 5.89. The van der Waals surface area contributed by atoms with Crippen molar-refractivity contribution >= 4 is 47.2 Å². The van der Waals surface area contributed by atoms with Crippen molar-refractivity contribution in [3.05, 3.63) is 35.4 Å². The van der Waals surface area contributed by atoms with Crippen molar-refractivity contribution in [3.63, 3.8) is 0 Å². The lowest BCUT2D eigenvalue weighted by Crippen LogP contribution is -2.34. The molecule has 3 heterocycles. The van der Waals surface area contributed by atoms with Gasteiger partial charge in [0, 0.05) is 0 Å². The Bertz CT molecular complexity index is 1140. The van der Waals surface area contributed by atoms with Crippen LogP contribution in [0.25, 0.3) is 5.95 Å². The highest BCUT2D eigenvalue weighted by Crippen LogP contribution is 2.17. The molecule has 17 heteroatoms. The SMILES string of the molecule is O=C(CSc1nc(Cl)nc(NO)n1)Oc1nc(NO)nc(-[n+]2cccc(C(=O)O)c2)n1. The quantitative estimate of drug-likeness (QED) is 0.127. The van der Waals surface area contributed by atoms with Gasteiger partial charge in [-0.2, -0.15) is 15.0 Å². The summed E-state index contributed by atoms with van der Waals surface area (Å²) >= 11 is 6.50. The number of nitrogens with one attached hydrogen (secondary N) is 2. The number of nitrogens with zero attached hydrogens (tertiary/aromatic N) is 7. The van der Waals surface area contributed by atoms with Crippen LogP contribution in [0.15, 0.2) is 29.7 Å². The van der Waals surface area contributed by atoms with Crippen molar-refractivity contribution in [2.24, 2.45) is 0 Å². The number of aromatic nitrogens is 7. The van der Waals surface area contributed by atoms with Crippen LogP contribution in [0.3, 0.4) is 0 Å². The Morgan fingerprint density at radius 3 is 2.55 bits per heavy atom. The number of halogens is 1. The fourth-order valence-electron chi connectivity index (χ4n) is 1.98. The Balaban J connectivity index is 1.76. The minimum Gasteiger partial charge on any atom is -0.478 e. The maximum Gasteiger partial charge on any atom is 0.446 e. The van der Waals surface area contributed by atoms with Crippen molar-refractivity contribution in [1.82, 2.24) is 29.9 Å². The molecule has 0 radical (unpaired) electrons. The minimum atomic E-state index is -1.18. The molecule has 31 heavy (non-hydrogen) atoms. The second kappa shape index (κ2) is 9.85. The number of thioether (sulfide) groups is 1. The molecule has 0 saturated heterocycles. The van der Waals surface area contributed by atoms with Gasteiger partial charge in [0.25, 0.3) is 5.95 Å². The Labute approximate surface area is 181 Å². The van der Waals surface area contributed by atoms with Gasteiger partial charge < -0.3 is 9.84 Å². The summed E-state index contributed by atoms with van der Waals surface area (Å²) in [6, 6.07) is 2.33. The monoisotopic (exact) mass is 468 g/mol. The topological polar surface area (TPSA) is 209 Å². The van der Waals surface area contributed by atoms with Gasteiger partial charge in [-0.15, -0.1) is 4.98 Å². The van der Waals surface area contributed by atoms with Crippen molar-refractivity contribution in [2.75, 3.05) is 16.7 Å². The van der Waals surface area contributed by atoms with E-state index in [4.69, 9.17) is 31.9 Å². The Morgan fingerprint density at radius 2 is 1.84 bits per heavy atom.